The molecule has 0 bridgehead atoms. The predicted octanol–water partition coefficient (Wildman–Crippen LogP) is 6.91. The number of rotatable bonds is 11. The first-order chi connectivity index (χ1) is 18.5. The molecule has 1 aliphatic carbocycles. The van der Waals surface area contributed by atoms with Crippen LogP contribution in [0.1, 0.15) is 48.8 Å². The van der Waals surface area contributed by atoms with Crippen LogP contribution in [0.5, 0.6) is 0 Å². The van der Waals surface area contributed by atoms with Gasteiger partial charge in [-0.3, -0.25) is 9.59 Å². The second-order valence-electron chi connectivity index (χ2n) is 9.82. The molecule has 1 saturated carbocycles. The van der Waals surface area contributed by atoms with Crippen LogP contribution in [0.25, 0.3) is 0 Å². The van der Waals surface area contributed by atoms with Crippen LogP contribution in [-0.4, -0.2) is 34.6 Å². The van der Waals surface area contributed by atoms with Crippen molar-refractivity contribution in [1.82, 2.24) is 10.2 Å². The zero-order valence-corrected chi connectivity index (χ0v) is 23.9. The zero-order chi connectivity index (χ0) is 26.7. The van der Waals surface area contributed by atoms with Gasteiger partial charge in [-0.25, -0.2) is 4.39 Å². The van der Waals surface area contributed by atoms with Crippen LogP contribution in [0, 0.1) is 5.82 Å². The molecule has 3 aromatic carbocycles. The summed E-state index contributed by atoms with van der Waals surface area (Å²) in [5.41, 5.74) is 2.94. The molecule has 4 rings (SSSR count). The molecule has 0 spiro atoms. The SMILES string of the molecule is O=C(NC1CCCCC1)[C@H](Cc1ccccc1)N(Cc1ccc(Br)cc1)C(=O)CSCc1ccc(F)cc1. The van der Waals surface area contributed by atoms with Gasteiger partial charge in [-0.15, -0.1) is 11.8 Å². The lowest BCUT2D eigenvalue weighted by Crippen LogP contribution is -2.53. The van der Waals surface area contributed by atoms with Crippen LogP contribution < -0.4 is 5.32 Å². The Morgan fingerprint density at radius 3 is 2.24 bits per heavy atom. The van der Waals surface area contributed by atoms with E-state index in [1.807, 2.05) is 54.6 Å². The van der Waals surface area contributed by atoms with E-state index in [2.05, 4.69) is 21.2 Å². The van der Waals surface area contributed by atoms with Crippen molar-refractivity contribution in [2.45, 2.75) is 62.9 Å². The molecular formula is C31H34BrFN2O2S. The Hall–Kier alpha value is -2.64. The summed E-state index contributed by atoms with van der Waals surface area (Å²) >= 11 is 4.96. The van der Waals surface area contributed by atoms with Gasteiger partial charge in [-0.2, -0.15) is 0 Å². The van der Waals surface area contributed by atoms with Gasteiger partial charge in [0.2, 0.25) is 11.8 Å². The lowest BCUT2D eigenvalue weighted by Gasteiger charge is -2.33. The van der Waals surface area contributed by atoms with Crippen LogP contribution in [0.4, 0.5) is 4.39 Å². The van der Waals surface area contributed by atoms with Gasteiger partial charge in [0.05, 0.1) is 5.75 Å². The van der Waals surface area contributed by atoms with Crippen LogP contribution in [0.3, 0.4) is 0 Å². The van der Waals surface area contributed by atoms with E-state index in [0.29, 0.717) is 18.7 Å². The summed E-state index contributed by atoms with van der Waals surface area (Å²) < 4.78 is 14.2. The molecule has 0 radical (unpaired) electrons. The largest absolute Gasteiger partial charge is 0.352 e. The van der Waals surface area contributed by atoms with Crippen molar-refractivity contribution in [3.8, 4) is 0 Å². The first-order valence-corrected chi connectivity index (χ1v) is 15.1. The summed E-state index contributed by atoms with van der Waals surface area (Å²) in [7, 11) is 0. The smallest absolute Gasteiger partial charge is 0.243 e. The van der Waals surface area contributed by atoms with Crippen molar-refractivity contribution in [2.24, 2.45) is 0 Å². The Kier molecular flexibility index (Phi) is 10.8. The van der Waals surface area contributed by atoms with Gasteiger partial charge in [0.1, 0.15) is 11.9 Å². The van der Waals surface area contributed by atoms with Crippen molar-refractivity contribution in [1.29, 1.82) is 0 Å². The molecule has 1 fully saturated rings. The Labute approximate surface area is 237 Å². The van der Waals surface area contributed by atoms with Gasteiger partial charge in [0.15, 0.2) is 0 Å². The van der Waals surface area contributed by atoms with Gasteiger partial charge in [-0.05, 0) is 53.8 Å². The van der Waals surface area contributed by atoms with Crippen molar-refractivity contribution in [3.63, 3.8) is 0 Å². The van der Waals surface area contributed by atoms with Crippen LogP contribution >= 0.6 is 27.7 Å². The molecule has 0 aromatic heterocycles. The third-order valence-corrected chi connectivity index (χ3v) is 8.41. The number of amides is 2. The standard InChI is InChI=1S/C31H34BrFN2O2S/c32-26-15-11-24(12-16-26)20-35(30(36)22-38-21-25-13-17-27(33)18-14-25)29(19-23-7-3-1-4-8-23)31(37)34-28-9-5-2-6-10-28/h1,3-4,7-8,11-18,28-29H,2,5-6,9-10,19-22H2,(H,34,37)/t29-/m0/s1. The van der Waals surface area contributed by atoms with Crippen LogP contribution in [0.2, 0.25) is 0 Å². The van der Waals surface area contributed by atoms with Gasteiger partial charge >= 0.3 is 0 Å². The molecule has 4 nitrogen and oxygen atoms in total. The summed E-state index contributed by atoms with van der Waals surface area (Å²) in [5.74, 6) is 0.379. The first-order valence-electron chi connectivity index (χ1n) is 13.2. The minimum absolute atomic E-state index is 0.0836. The molecule has 7 heteroatoms. The molecule has 0 aliphatic heterocycles. The van der Waals surface area contributed by atoms with Crippen molar-refractivity contribution in [2.75, 3.05) is 5.75 Å². The third-order valence-electron chi connectivity index (χ3n) is 6.90. The number of carbonyl (C=O) groups excluding carboxylic acids is 2. The van der Waals surface area contributed by atoms with Gasteiger partial charge in [0.25, 0.3) is 0 Å². The number of carbonyl (C=O) groups is 2. The van der Waals surface area contributed by atoms with E-state index < -0.39 is 6.04 Å². The van der Waals surface area contributed by atoms with E-state index in [9.17, 15) is 14.0 Å². The molecule has 0 unspecified atom stereocenters. The van der Waals surface area contributed by atoms with Crippen LogP contribution in [-0.2, 0) is 28.3 Å². The van der Waals surface area contributed by atoms with Gasteiger partial charge < -0.3 is 10.2 Å². The van der Waals surface area contributed by atoms with E-state index >= 15 is 0 Å². The Morgan fingerprint density at radius 1 is 0.895 bits per heavy atom. The highest BCUT2D eigenvalue weighted by atomic mass is 79.9. The van der Waals surface area contributed by atoms with Crippen molar-refractivity contribution < 1.29 is 14.0 Å². The topological polar surface area (TPSA) is 49.4 Å². The molecule has 0 saturated heterocycles. The molecule has 1 N–H and O–H groups in total. The minimum atomic E-state index is -0.623. The van der Waals surface area contributed by atoms with E-state index in [1.54, 1.807) is 17.0 Å². The normalized spacial score (nSPS) is 14.6. The summed E-state index contributed by atoms with van der Waals surface area (Å²) in [4.78, 5) is 29.3. The maximum absolute atomic E-state index is 13.8. The maximum Gasteiger partial charge on any atom is 0.243 e. The lowest BCUT2D eigenvalue weighted by atomic mass is 9.94. The summed E-state index contributed by atoms with van der Waals surface area (Å²) in [6, 6.07) is 23.6. The van der Waals surface area contributed by atoms with E-state index in [-0.39, 0.29) is 29.4 Å². The lowest BCUT2D eigenvalue weighted by molar-refractivity contribution is -0.139. The number of benzene rings is 3. The second-order valence-corrected chi connectivity index (χ2v) is 11.7. The van der Waals surface area contributed by atoms with Crippen LogP contribution in [0.15, 0.2) is 83.3 Å². The molecule has 38 heavy (non-hydrogen) atoms. The number of thioether (sulfide) groups is 1. The number of hydrogen-bond donors (Lipinski definition) is 1. The highest BCUT2D eigenvalue weighted by Crippen LogP contribution is 2.22. The number of hydrogen-bond acceptors (Lipinski definition) is 3. The zero-order valence-electron chi connectivity index (χ0n) is 21.5. The van der Waals surface area contributed by atoms with E-state index in [4.69, 9.17) is 0 Å². The Bertz CT molecular complexity index is 1170. The fourth-order valence-electron chi connectivity index (χ4n) is 4.80. The Morgan fingerprint density at radius 2 is 1.55 bits per heavy atom. The Balaban J connectivity index is 1.55. The fourth-order valence-corrected chi connectivity index (χ4v) is 5.94. The maximum atomic E-state index is 13.8. The average molecular weight is 598 g/mol. The molecule has 200 valence electrons. The summed E-state index contributed by atoms with van der Waals surface area (Å²) in [6.45, 7) is 0.346. The minimum Gasteiger partial charge on any atom is -0.352 e. The van der Waals surface area contributed by atoms with Gasteiger partial charge in [-0.1, -0.05) is 89.8 Å². The number of nitrogens with one attached hydrogen (secondary N) is 1. The van der Waals surface area contributed by atoms with Crippen molar-refractivity contribution >= 4 is 39.5 Å². The fraction of sp³-hybridized carbons (Fsp3) is 0.355. The van der Waals surface area contributed by atoms with E-state index in [0.717, 1.165) is 46.8 Å². The third kappa shape index (κ3) is 8.70. The predicted molar refractivity (Wildman–Crippen MR) is 156 cm³/mol. The molecule has 3 aromatic rings. The van der Waals surface area contributed by atoms with Gasteiger partial charge in [0, 0.05) is 29.2 Å². The first kappa shape index (κ1) is 28.4. The molecule has 0 heterocycles. The van der Waals surface area contributed by atoms with E-state index in [1.165, 1.54) is 30.3 Å². The van der Waals surface area contributed by atoms with Crippen molar-refractivity contribution in [3.05, 3.63) is 106 Å². The summed E-state index contributed by atoms with van der Waals surface area (Å²) in [5, 5.41) is 3.27. The number of halogens is 2. The molecular weight excluding hydrogens is 563 g/mol. The average Bonchev–Trinajstić information content (AvgIpc) is 2.94. The highest BCUT2D eigenvalue weighted by Gasteiger charge is 2.31. The monoisotopic (exact) mass is 596 g/mol. The molecule has 2 amide bonds. The number of nitrogens with zero attached hydrogens (tertiary/aromatic N) is 1. The second kappa shape index (κ2) is 14.5. The molecule has 1 aliphatic rings. The quantitative estimate of drug-likeness (QED) is 0.261. The molecule has 1 atom stereocenters. The highest BCUT2D eigenvalue weighted by molar-refractivity contribution is 9.10. The summed E-state index contributed by atoms with van der Waals surface area (Å²) in [6.07, 6.45) is 5.87.